The Morgan fingerprint density at radius 2 is 2.00 bits per heavy atom. The Labute approximate surface area is 112 Å². The Bertz CT molecular complexity index is 473. The van der Waals surface area contributed by atoms with E-state index in [-0.39, 0.29) is 25.4 Å². The molecule has 0 aromatic heterocycles. The molecular formula is C14H19NO4. The highest BCUT2D eigenvalue weighted by Crippen LogP contribution is 2.35. The number of aliphatic carboxylic acids is 1. The first-order chi connectivity index (χ1) is 8.99. The molecule has 1 aromatic rings. The van der Waals surface area contributed by atoms with Crippen LogP contribution in [-0.2, 0) is 4.79 Å². The number of hydrogen-bond donors (Lipinski definition) is 1. The number of rotatable bonds is 5. The van der Waals surface area contributed by atoms with E-state index in [1.165, 1.54) is 0 Å². The minimum Gasteiger partial charge on any atom is -0.480 e. The monoisotopic (exact) mass is 265 g/mol. The Morgan fingerprint density at radius 3 is 2.63 bits per heavy atom. The number of carboxylic acid groups (broad SMARTS) is 1. The van der Waals surface area contributed by atoms with Crippen LogP contribution in [-0.4, -0.2) is 35.4 Å². The molecule has 5 nitrogen and oxygen atoms in total. The van der Waals surface area contributed by atoms with Gasteiger partial charge in [-0.25, -0.2) is 0 Å². The first kappa shape index (κ1) is 13.7. The number of fused-ring (bicyclic) bond motifs is 1. The predicted octanol–water partition coefficient (Wildman–Crippen LogP) is 2.27. The van der Waals surface area contributed by atoms with Crippen LogP contribution in [0.5, 0.6) is 11.5 Å². The van der Waals surface area contributed by atoms with Crippen LogP contribution in [0.1, 0.15) is 32.4 Å². The zero-order valence-corrected chi connectivity index (χ0v) is 11.4. The fourth-order valence-corrected chi connectivity index (χ4v) is 2.29. The second-order valence-corrected chi connectivity index (χ2v) is 4.95. The van der Waals surface area contributed by atoms with E-state index in [1.807, 2.05) is 43.9 Å². The van der Waals surface area contributed by atoms with E-state index in [0.29, 0.717) is 0 Å². The quantitative estimate of drug-likeness (QED) is 0.885. The van der Waals surface area contributed by atoms with Gasteiger partial charge in [0.25, 0.3) is 0 Å². The van der Waals surface area contributed by atoms with Gasteiger partial charge < -0.3 is 14.6 Å². The number of nitrogens with zero attached hydrogens (tertiary/aromatic N) is 1. The number of ether oxygens (including phenoxy) is 2. The zero-order valence-electron chi connectivity index (χ0n) is 11.4. The van der Waals surface area contributed by atoms with E-state index in [4.69, 9.17) is 14.6 Å². The molecule has 0 bridgehead atoms. The molecule has 0 saturated carbocycles. The predicted molar refractivity (Wildman–Crippen MR) is 70.5 cm³/mol. The van der Waals surface area contributed by atoms with E-state index in [2.05, 4.69) is 0 Å². The summed E-state index contributed by atoms with van der Waals surface area (Å²) in [4.78, 5) is 12.9. The molecule has 1 aliphatic rings. The smallest absolute Gasteiger partial charge is 0.317 e. The lowest BCUT2D eigenvalue weighted by Crippen LogP contribution is -2.37. The van der Waals surface area contributed by atoms with Crippen molar-refractivity contribution in [2.75, 3.05) is 13.3 Å². The first-order valence-corrected chi connectivity index (χ1v) is 6.36. The van der Waals surface area contributed by atoms with Gasteiger partial charge in [0.05, 0.1) is 6.54 Å². The molecule has 5 heteroatoms. The molecular weight excluding hydrogens is 246 g/mol. The van der Waals surface area contributed by atoms with E-state index in [0.717, 1.165) is 17.1 Å². The van der Waals surface area contributed by atoms with Gasteiger partial charge in [0.15, 0.2) is 11.5 Å². The van der Waals surface area contributed by atoms with Crippen LogP contribution < -0.4 is 9.47 Å². The van der Waals surface area contributed by atoms with Gasteiger partial charge in [0, 0.05) is 12.1 Å². The topological polar surface area (TPSA) is 59.0 Å². The summed E-state index contributed by atoms with van der Waals surface area (Å²) in [5.74, 6) is 0.648. The summed E-state index contributed by atoms with van der Waals surface area (Å²) in [6.07, 6.45) is 0. The summed E-state index contributed by atoms with van der Waals surface area (Å²) in [6, 6.07) is 5.90. The molecule has 0 saturated heterocycles. The lowest BCUT2D eigenvalue weighted by molar-refractivity contribution is -0.139. The van der Waals surface area contributed by atoms with Crippen LogP contribution in [0, 0.1) is 0 Å². The Balaban J connectivity index is 2.21. The highest BCUT2D eigenvalue weighted by molar-refractivity contribution is 5.69. The third-order valence-corrected chi connectivity index (χ3v) is 3.36. The van der Waals surface area contributed by atoms with Gasteiger partial charge in [-0.3, -0.25) is 9.69 Å². The minimum absolute atomic E-state index is 0.00519. The van der Waals surface area contributed by atoms with E-state index < -0.39 is 5.97 Å². The second-order valence-electron chi connectivity index (χ2n) is 4.95. The molecule has 104 valence electrons. The van der Waals surface area contributed by atoms with Gasteiger partial charge in [-0.2, -0.15) is 0 Å². The standard InChI is InChI=1S/C14H19NO4/c1-9(2)15(7-14(16)17)10(3)11-4-5-12-13(6-11)19-8-18-12/h4-6,9-10H,7-8H2,1-3H3,(H,16,17). The fourth-order valence-electron chi connectivity index (χ4n) is 2.29. The van der Waals surface area contributed by atoms with Crippen molar-refractivity contribution in [2.45, 2.75) is 32.9 Å². The zero-order chi connectivity index (χ0) is 14.0. The van der Waals surface area contributed by atoms with Crippen molar-refractivity contribution in [3.8, 4) is 11.5 Å². The van der Waals surface area contributed by atoms with E-state index >= 15 is 0 Å². The van der Waals surface area contributed by atoms with Crippen LogP contribution in [0.2, 0.25) is 0 Å². The molecule has 0 amide bonds. The Hall–Kier alpha value is -1.75. The van der Waals surface area contributed by atoms with Crippen molar-refractivity contribution < 1.29 is 19.4 Å². The van der Waals surface area contributed by atoms with Crippen LogP contribution in [0.15, 0.2) is 18.2 Å². The number of hydrogen-bond acceptors (Lipinski definition) is 4. The van der Waals surface area contributed by atoms with Crippen LogP contribution in [0.4, 0.5) is 0 Å². The van der Waals surface area contributed by atoms with Gasteiger partial charge >= 0.3 is 5.97 Å². The molecule has 1 aromatic carbocycles. The normalized spacial score (nSPS) is 15.0. The van der Waals surface area contributed by atoms with Crippen LogP contribution in [0.3, 0.4) is 0 Å². The maximum Gasteiger partial charge on any atom is 0.317 e. The van der Waals surface area contributed by atoms with E-state index in [9.17, 15) is 4.79 Å². The largest absolute Gasteiger partial charge is 0.480 e. The summed E-state index contributed by atoms with van der Waals surface area (Å²) in [7, 11) is 0. The van der Waals surface area contributed by atoms with Crippen LogP contribution >= 0.6 is 0 Å². The van der Waals surface area contributed by atoms with Crippen molar-refractivity contribution in [3.63, 3.8) is 0 Å². The lowest BCUT2D eigenvalue weighted by Gasteiger charge is -2.31. The van der Waals surface area contributed by atoms with Crippen LogP contribution in [0.25, 0.3) is 0 Å². The van der Waals surface area contributed by atoms with Gasteiger partial charge in [0.2, 0.25) is 6.79 Å². The van der Waals surface area contributed by atoms with Crippen molar-refractivity contribution in [1.82, 2.24) is 4.90 Å². The van der Waals surface area contributed by atoms with Gasteiger partial charge in [-0.05, 0) is 38.5 Å². The summed E-state index contributed by atoms with van der Waals surface area (Å²) < 4.78 is 10.6. The third kappa shape index (κ3) is 2.98. The van der Waals surface area contributed by atoms with Crippen molar-refractivity contribution in [2.24, 2.45) is 0 Å². The molecule has 2 rings (SSSR count). The summed E-state index contributed by atoms with van der Waals surface area (Å²) >= 11 is 0. The molecule has 19 heavy (non-hydrogen) atoms. The average Bonchev–Trinajstić information content (AvgIpc) is 2.81. The Kier molecular flexibility index (Phi) is 3.95. The van der Waals surface area contributed by atoms with Gasteiger partial charge in [-0.1, -0.05) is 6.07 Å². The van der Waals surface area contributed by atoms with Crippen molar-refractivity contribution >= 4 is 5.97 Å². The molecule has 1 unspecified atom stereocenters. The van der Waals surface area contributed by atoms with Crippen molar-refractivity contribution in [3.05, 3.63) is 23.8 Å². The third-order valence-electron chi connectivity index (χ3n) is 3.36. The highest BCUT2D eigenvalue weighted by Gasteiger charge is 2.23. The maximum atomic E-state index is 11.0. The van der Waals surface area contributed by atoms with E-state index in [1.54, 1.807) is 0 Å². The molecule has 0 spiro atoms. The number of carboxylic acids is 1. The highest BCUT2D eigenvalue weighted by atomic mass is 16.7. The van der Waals surface area contributed by atoms with Crippen molar-refractivity contribution in [1.29, 1.82) is 0 Å². The molecule has 1 atom stereocenters. The fraction of sp³-hybridized carbons (Fsp3) is 0.500. The summed E-state index contributed by atoms with van der Waals surface area (Å²) in [5.41, 5.74) is 1.03. The minimum atomic E-state index is -0.818. The lowest BCUT2D eigenvalue weighted by atomic mass is 10.0. The number of carbonyl (C=O) groups is 1. The Morgan fingerprint density at radius 1 is 1.32 bits per heavy atom. The molecule has 1 aliphatic heterocycles. The molecule has 0 radical (unpaired) electrons. The molecule has 1 N–H and O–H groups in total. The summed E-state index contributed by atoms with van der Waals surface area (Å²) in [5, 5.41) is 9.00. The molecule has 1 heterocycles. The van der Waals surface area contributed by atoms with Gasteiger partial charge in [-0.15, -0.1) is 0 Å². The second kappa shape index (κ2) is 5.48. The molecule has 0 aliphatic carbocycles. The average molecular weight is 265 g/mol. The summed E-state index contributed by atoms with van der Waals surface area (Å²) in [6.45, 7) is 6.25. The SMILES string of the molecule is CC(C)N(CC(=O)O)C(C)c1ccc2c(c1)OCO2. The van der Waals surface area contributed by atoms with Gasteiger partial charge in [0.1, 0.15) is 0 Å². The maximum absolute atomic E-state index is 11.0. The molecule has 0 fully saturated rings. The first-order valence-electron chi connectivity index (χ1n) is 6.36. The number of benzene rings is 1.